The number of nitriles is 2. The van der Waals surface area contributed by atoms with Crippen molar-refractivity contribution in [2.75, 3.05) is 0 Å². The standard InChI is InChI=1S/C49H27NS.C45H25N3S/c50-28-29-8-18-46-44(20-29)45-27-35(17-19-47(45)51-46)33-10-9-32-22-34(12-11-31(32)21-33)40-23-36-13-15-38-25-41(26-39-16-14-37(24-40)48(36)49(38)39)43-7-3-5-30-4-1-2-6-42(30)43;46-26-27-7-13-42-38(19-27)39-25-31(12-14-43(39)49-42)29-3-1-4-30(20-29)36-21-32-8-10-34-23-37(24-35-11-9-33(22-36)44(32)45(34)35)41-6-2-5-40(48-41)28-15-17-47-18-16-28/h1-27H;1-25H. The number of pyridine rings is 2. The van der Waals surface area contributed by atoms with Gasteiger partial charge in [-0.25, -0.2) is 4.98 Å². The van der Waals surface area contributed by atoms with Crippen molar-refractivity contribution < 1.29 is 0 Å². The van der Waals surface area contributed by atoms with E-state index in [9.17, 15) is 10.5 Å². The lowest BCUT2D eigenvalue weighted by atomic mass is 9.88. The summed E-state index contributed by atoms with van der Waals surface area (Å²) in [6.07, 6.45) is 3.61. The fourth-order valence-corrected chi connectivity index (χ4v) is 17.7. The van der Waals surface area contributed by atoms with E-state index in [1.807, 2.05) is 42.5 Å². The summed E-state index contributed by atoms with van der Waals surface area (Å²) in [5, 5.41) is 43.9. The van der Waals surface area contributed by atoms with Crippen LogP contribution in [0.15, 0.2) is 316 Å². The van der Waals surface area contributed by atoms with Gasteiger partial charge in [0.2, 0.25) is 0 Å². The highest BCUT2D eigenvalue weighted by atomic mass is 32.1. The third-order valence-electron chi connectivity index (χ3n) is 20.4. The van der Waals surface area contributed by atoms with E-state index in [0.29, 0.717) is 11.1 Å². The van der Waals surface area contributed by atoms with E-state index in [1.54, 1.807) is 35.1 Å². The topological polar surface area (TPSA) is 73.4 Å². The number of nitrogens with zero attached hydrogens (tertiary/aromatic N) is 4. The number of fused-ring (bicyclic) bond motifs is 8. The summed E-state index contributed by atoms with van der Waals surface area (Å²) in [5.74, 6) is 0. The zero-order valence-electron chi connectivity index (χ0n) is 53.6. The van der Waals surface area contributed by atoms with Crippen LogP contribution in [0, 0.1) is 22.7 Å². The molecule has 0 amide bonds. The smallest absolute Gasteiger partial charge is 0.0991 e. The third-order valence-corrected chi connectivity index (χ3v) is 22.7. The first kappa shape index (κ1) is 57.3. The molecule has 0 radical (unpaired) electrons. The van der Waals surface area contributed by atoms with Crippen molar-refractivity contribution in [3.63, 3.8) is 0 Å². The largest absolute Gasteiger partial charge is 0.265 e. The summed E-state index contributed by atoms with van der Waals surface area (Å²) < 4.78 is 4.90. The van der Waals surface area contributed by atoms with Crippen LogP contribution in [0.2, 0.25) is 0 Å². The summed E-state index contributed by atoms with van der Waals surface area (Å²) >= 11 is 3.55. The highest BCUT2D eigenvalue weighted by Gasteiger charge is 2.18. The van der Waals surface area contributed by atoms with Gasteiger partial charge in [-0.05, 0) is 293 Å². The summed E-state index contributed by atoms with van der Waals surface area (Å²) in [6.45, 7) is 0. The van der Waals surface area contributed by atoms with Crippen LogP contribution in [0.25, 0.3) is 205 Å². The van der Waals surface area contributed by atoms with Crippen molar-refractivity contribution in [2.45, 2.75) is 0 Å². The van der Waals surface area contributed by atoms with Gasteiger partial charge in [-0.1, -0.05) is 152 Å². The van der Waals surface area contributed by atoms with Crippen LogP contribution in [0.4, 0.5) is 0 Å². The van der Waals surface area contributed by atoms with E-state index in [1.165, 1.54) is 171 Å². The van der Waals surface area contributed by atoms with Crippen molar-refractivity contribution in [2.24, 2.45) is 0 Å². The molecule has 21 aromatic rings. The Morgan fingerprint density at radius 1 is 0.230 bits per heavy atom. The van der Waals surface area contributed by atoms with Crippen LogP contribution in [-0.4, -0.2) is 9.97 Å². The maximum atomic E-state index is 9.48. The van der Waals surface area contributed by atoms with Crippen LogP contribution in [0.3, 0.4) is 0 Å². The van der Waals surface area contributed by atoms with Crippen molar-refractivity contribution >= 4 is 149 Å². The average Bonchev–Trinajstić information content (AvgIpc) is 0.877. The van der Waals surface area contributed by atoms with Crippen molar-refractivity contribution in [3.05, 3.63) is 327 Å². The first-order valence-electron chi connectivity index (χ1n) is 33.5. The Bertz CT molecular complexity index is 6930. The summed E-state index contributed by atoms with van der Waals surface area (Å²) in [4.78, 5) is 9.17. The molecular formula is C94H52N4S2. The molecule has 0 saturated carbocycles. The van der Waals surface area contributed by atoms with Crippen molar-refractivity contribution in [1.82, 2.24) is 9.97 Å². The van der Waals surface area contributed by atoms with Crippen LogP contribution in [0.5, 0.6) is 0 Å². The first-order valence-corrected chi connectivity index (χ1v) is 35.2. The van der Waals surface area contributed by atoms with Gasteiger partial charge in [-0.3, -0.25) is 4.98 Å². The zero-order valence-corrected chi connectivity index (χ0v) is 55.3. The van der Waals surface area contributed by atoms with E-state index in [-0.39, 0.29) is 0 Å². The molecule has 0 fully saturated rings. The fourth-order valence-electron chi connectivity index (χ4n) is 15.6. The maximum absolute atomic E-state index is 9.48. The van der Waals surface area contributed by atoms with E-state index in [0.717, 1.165) is 33.3 Å². The molecule has 0 aliphatic heterocycles. The summed E-state index contributed by atoms with van der Waals surface area (Å²) in [6, 6.07) is 115. The molecule has 0 N–H and O–H groups in total. The van der Waals surface area contributed by atoms with E-state index >= 15 is 0 Å². The molecule has 0 spiro atoms. The Balaban J connectivity index is 0.000000135. The van der Waals surface area contributed by atoms with Gasteiger partial charge >= 0.3 is 0 Å². The molecule has 0 atom stereocenters. The Morgan fingerprint density at radius 3 is 1.10 bits per heavy atom. The second kappa shape index (κ2) is 22.9. The minimum atomic E-state index is 0.693. The van der Waals surface area contributed by atoms with Gasteiger partial charge < -0.3 is 0 Å². The van der Waals surface area contributed by atoms with Crippen LogP contribution in [0.1, 0.15) is 11.1 Å². The Morgan fingerprint density at radius 2 is 0.590 bits per heavy atom. The number of hydrogen-bond acceptors (Lipinski definition) is 6. The molecule has 4 aromatic heterocycles. The van der Waals surface area contributed by atoms with Gasteiger partial charge in [0.1, 0.15) is 0 Å². The summed E-state index contributed by atoms with van der Waals surface area (Å²) in [5.41, 5.74) is 17.6. The predicted molar refractivity (Wildman–Crippen MR) is 424 cm³/mol. The van der Waals surface area contributed by atoms with Crippen LogP contribution >= 0.6 is 22.7 Å². The number of aromatic nitrogens is 2. The highest BCUT2D eigenvalue weighted by Crippen LogP contribution is 2.45. The molecule has 0 aliphatic carbocycles. The second-order valence-electron chi connectivity index (χ2n) is 26.3. The molecule has 0 aliphatic rings. The lowest BCUT2D eigenvalue weighted by Gasteiger charge is -2.15. The molecule has 6 heteroatoms. The van der Waals surface area contributed by atoms with E-state index in [2.05, 4.69) is 278 Å². The minimum absolute atomic E-state index is 0.693. The monoisotopic (exact) mass is 1300 g/mol. The van der Waals surface area contributed by atoms with E-state index < -0.39 is 0 Å². The van der Waals surface area contributed by atoms with Crippen molar-refractivity contribution in [3.8, 4) is 90.3 Å². The average molecular weight is 1300 g/mol. The molecule has 21 rings (SSSR count). The SMILES string of the molecule is N#Cc1ccc2sc3ccc(-c4ccc5cc(-c6cc7ccc8cc(-c9cccc%10ccccc9%10)cc9ccc(c6)c7c89)ccc5c4)cc3c2c1.N#Cc1ccc2sc3ccc(-c4cccc(-c5cc6ccc7cc(-c8cccc(-c9ccncc9)n8)cc8ccc(c5)c6c78)c4)cc3c2c1. The molecule has 4 nitrogen and oxygen atoms in total. The Kier molecular flexibility index (Phi) is 13.1. The molecule has 17 aromatic carbocycles. The first-order chi connectivity index (χ1) is 49.3. The van der Waals surface area contributed by atoms with Gasteiger partial charge in [-0.2, -0.15) is 10.5 Å². The normalized spacial score (nSPS) is 11.8. The zero-order chi connectivity index (χ0) is 66.1. The number of benzene rings is 17. The fraction of sp³-hybridized carbons (Fsp3) is 0. The van der Waals surface area contributed by atoms with Gasteiger partial charge in [-0.15, -0.1) is 22.7 Å². The van der Waals surface area contributed by atoms with Crippen LogP contribution < -0.4 is 0 Å². The molecule has 100 heavy (non-hydrogen) atoms. The van der Waals surface area contributed by atoms with Crippen LogP contribution in [-0.2, 0) is 0 Å². The molecule has 0 bridgehead atoms. The maximum Gasteiger partial charge on any atom is 0.0991 e. The van der Waals surface area contributed by atoms with E-state index in [4.69, 9.17) is 4.98 Å². The van der Waals surface area contributed by atoms with Gasteiger partial charge in [0, 0.05) is 63.9 Å². The summed E-state index contributed by atoms with van der Waals surface area (Å²) in [7, 11) is 0. The minimum Gasteiger partial charge on any atom is -0.265 e. The van der Waals surface area contributed by atoms with Gasteiger partial charge in [0.05, 0.1) is 34.7 Å². The quantitative estimate of drug-likeness (QED) is 0.149. The lowest BCUT2D eigenvalue weighted by molar-refractivity contribution is 1.29. The number of hydrogen-bond donors (Lipinski definition) is 0. The lowest BCUT2D eigenvalue weighted by Crippen LogP contribution is -1.90. The molecular weight excluding hydrogens is 1250 g/mol. The Labute approximate surface area is 582 Å². The third kappa shape index (κ3) is 9.61. The molecule has 0 saturated heterocycles. The molecule has 460 valence electrons. The number of thiophene rings is 2. The molecule has 4 heterocycles. The molecule has 0 unspecified atom stereocenters. The Hall–Kier alpha value is -12.9. The number of rotatable bonds is 7. The van der Waals surface area contributed by atoms with Crippen molar-refractivity contribution in [1.29, 1.82) is 10.5 Å². The predicted octanol–water partition coefficient (Wildman–Crippen LogP) is 26.4. The highest BCUT2D eigenvalue weighted by molar-refractivity contribution is 7.26. The second-order valence-corrected chi connectivity index (χ2v) is 28.4. The van der Waals surface area contributed by atoms with Gasteiger partial charge in [0.15, 0.2) is 0 Å². The van der Waals surface area contributed by atoms with Gasteiger partial charge in [0.25, 0.3) is 0 Å².